The Morgan fingerprint density at radius 1 is 1.13 bits per heavy atom. The van der Waals surface area contributed by atoms with Crippen molar-refractivity contribution >= 4 is 0 Å². The van der Waals surface area contributed by atoms with E-state index in [9.17, 15) is 8.78 Å². The lowest BCUT2D eigenvalue weighted by Gasteiger charge is -2.34. The first-order chi connectivity index (χ1) is 7.16. The van der Waals surface area contributed by atoms with Crippen LogP contribution in [-0.4, -0.2) is 43.5 Å². The molecule has 1 saturated heterocycles. The van der Waals surface area contributed by atoms with Crippen LogP contribution in [0.2, 0.25) is 0 Å². The van der Waals surface area contributed by atoms with Gasteiger partial charge in [-0.2, -0.15) is 0 Å². The van der Waals surface area contributed by atoms with Gasteiger partial charge in [-0.1, -0.05) is 0 Å². The third-order valence-corrected chi connectivity index (χ3v) is 3.56. The SMILES string of the molecule is FC1(F)CCC(CN2CCNCC2)CC1. The lowest BCUT2D eigenvalue weighted by molar-refractivity contribution is -0.0491. The standard InChI is InChI=1S/C11H20F2N2/c12-11(13)3-1-10(2-4-11)9-15-7-5-14-6-8-15/h10,14H,1-9H2. The minimum Gasteiger partial charge on any atom is -0.314 e. The molecular weight excluding hydrogens is 198 g/mol. The second kappa shape index (κ2) is 4.74. The van der Waals surface area contributed by atoms with Gasteiger partial charge in [0, 0.05) is 45.6 Å². The molecule has 2 aliphatic rings. The van der Waals surface area contributed by atoms with E-state index in [0.717, 1.165) is 32.7 Å². The van der Waals surface area contributed by atoms with Crippen LogP contribution in [0, 0.1) is 5.92 Å². The summed E-state index contributed by atoms with van der Waals surface area (Å²) in [4.78, 5) is 2.41. The summed E-state index contributed by atoms with van der Waals surface area (Å²) in [5.41, 5.74) is 0. The van der Waals surface area contributed by atoms with Crippen molar-refractivity contribution in [2.45, 2.75) is 31.6 Å². The smallest absolute Gasteiger partial charge is 0.248 e. The summed E-state index contributed by atoms with van der Waals surface area (Å²) >= 11 is 0. The number of piperazine rings is 1. The number of rotatable bonds is 2. The topological polar surface area (TPSA) is 15.3 Å². The summed E-state index contributed by atoms with van der Waals surface area (Å²) in [5.74, 6) is -1.87. The Morgan fingerprint density at radius 2 is 1.73 bits per heavy atom. The zero-order chi connectivity index (χ0) is 10.7. The molecule has 0 aromatic heterocycles. The Kier molecular flexibility index (Phi) is 3.57. The third kappa shape index (κ3) is 3.38. The molecule has 1 N–H and O–H groups in total. The first-order valence-electron chi connectivity index (χ1n) is 5.97. The van der Waals surface area contributed by atoms with Crippen molar-refractivity contribution < 1.29 is 8.78 Å². The minimum atomic E-state index is -2.38. The van der Waals surface area contributed by atoms with Gasteiger partial charge in [-0.25, -0.2) is 8.78 Å². The second-order valence-corrected chi connectivity index (χ2v) is 4.85. The number of nitrogens with one attached hydrogen (secondary N) is 1. The van der Waals surface area contributed by atoms with Crippen molar-refractivity contribution in [2.24, 2.45) is 5.92 Å². The number of hydrogen-bond donors (Lipinski definition) is 1. The molecule has 1 aliphatic carbocycles. The molecular formula is C11H20F2N2. The van der Waals surface area contributed by atoms with Crippen LogP contribution in [0.25, 0.3) is 0 Å². The first kappa shape index (κ1) is 11.3. The van der Waals surface area contributed by atoms with Crippen LogP contribution in [0.4, 0.5) is 8.78 Å². The van der Waals surface area contributed by atoms with E-state index >= 15 is 0 Å². The predicted molar refractivity (Wildman–Crippen MR) is 56.2 cm³/mol. The molecule has 0 spiro atoms. The molecule has 0 aromatic carbocycles. The molecule has 1 aliphatic heterocycles. The highest BCUT2D eigenvalue weighted by Crippen LogP contribution is 2.36. The van der Waals surface area contributed by atoms with E-state index < -0.39 is 5.92 Å². The molecule has 15 heavy (non-hydrogen) atoms. The predicted octanol–water partition coefficient (Wildman–Crippen LogP) is 1.72. The maximum absolute atomic E-state index is 12.9. The maximum atomic E-state index is 12.9. The Morgan fingerprint density at radius 3 is 2.33 bits per heavy atom. The molecule has 0 radical (unpaired) electrons. The first-order valence-corrected chi connectivity index (χ1v) is 5.97. The Bertz CT molecular complexity index is 193. The van der Waals surface area contributed by atoms with Gasteiger partial charge in [0.15, 0.2) is 0 Å². The summed E-state index contributed by atoms with van der Waals surface area (Å²) in [5, 5.41) is 3.30. The van der Waals surface area contributed by atoms with Crippen LogP contribution in [0.15, 0.2) is 0 Å². The molecule has 0 amide bonds. The van der Waals surface area contributed by atoms with Crippen LogP contribution in [-0.2, 0) is 0 Å². The van der Waals surface area contributed by atoms with E-state index in [1.807, 2.05) is 0 Å². The average molecular weight is 218 g/mol. The van der Waals surface area contributed by atoms with Crippen LogP contribution < -0.4 is 5.32 Å². The fourth-order valence-electron chi connectivity index (χ4n) is 2.54. The summed E-state index contributed by atoms with van der Waals surface area (Å²) in [6.45, 7) is 5.27. The normalized spacial score (nSPS) is 29.2. The zero-order valence-electron chi connectivity index (χ0n) is 9.14. The van der Waals surface area contributed by atoms with E-state index in [4.69, 9.17) is 0 Å². The molecule has 1 saturated carbocycles. The molecule has 0 unspecified atom stereocenters. The van der Waals surface area contributed by atoms with Crippen molar-refractivity contribution in [3.8, 4) is 0 Å². The highest BCUT2D eigenvalue weighted by molar-refractivity contribution is 4.80. The largest absolute Gasteiger partial charge is 0.314 e. The van der Waals surface area contributed by atoms with Crippen LogP contribution in [0.1, 0.15) is 25.7 Å². The van der Waals surface area contributed by atoms with Crippen molar-refractivity contribution in [2.75, 3.05) is 32.7 Å². The van der Waals surface area contributed by atoms with E-state index in [1.165, 1.54) is 0 Å². The molecule has 0 atom stereocenters. The van der Waals surface area contributed by atoms with Gasteiger partial charge in [0.25, 0.3) is 0 Å². The van der Waals surface area contributed by atoms with E-state index in [1.54, 1.807) is 0 Å². The van der Waals surface area contributed by atoms with Crippen LogP contribution in [0.3, 0.4) is 0 Å². The highest BCUT2D eigenvalue weighted by atomic mass is 19.3. The molecule has 4 heteroatoms. The Labute approximate surface area is 90.0 Å². The van der Waals surface area contributed by atoms with Crippen molar-refractivity contribution in [3.05, 3.63) is 0 Å². The van der Waals surface area contributed by atoms with Gasteiger partial charge in [-0.3, -0.25) is 0 Å². The molecule has 2 rings (SSSR count). The quantitative estimate of drug-likeness (QED) is 0.759. The average Bonchev–Trinajstić information content (AvgIpc) is 2.23. The minimum absolute atomic E-state index is 0.101. The monoisotopic (exact) mass is 218 g/mol. The second-order valence-electron chi connectivity index (χ2n) is 4.85. The summed E-state index contributed by atoms with van der Waals surface area (Å²) in [6.07, 6.45) is 1.61. The third-order valence-electron chi connectivity index (χ3n) is 3.56. The van der Waals surface area contributed by atoms with Gasteiger partial charge < -0.3 is 10.2 Å². The van der Waals surface area contributed by atoms with Crippen LogP contribution in [0.5, 0.6) is 0 Å². The number of alkyl halides is 2. The lowest BCUT2D eigenvalue weighted by Crippen LogP contribution is -2.46. The Hall–Kier alpha value is -0.220. The lowest BCUT2D eigenvalue weighted by atomic mass is 9.86. The molecule has 88 valence electrons. The van der Waals surface area contributed by atoms with Gasteiger partial charge >= 0.3 is 0 Å². The number of hydrogen-bond acceptors (Lipinski definition) is 2. The molecule has 2 fully saturated rings. The van der Waals surface area contributed by atoms with E-state index in [-0.39, 0.29) is 12.8 Å². The maximum Gasteiger partial charge on any atom is 0.248 e. The number of halogens is 2. The Balaban J connectivity index is 1.71. The number of nitrogens with zero attached hydrogens (tertiary/aromatic N) is 1. The molecule has 0 bridgehead atoms. The zero-order valence-corrected chi connectivity index (χ0v) is 9.14. The summed E-state index contributed by atoms with van der Waals surface area (Å²) in [6, 6.07) is 0. The van der Waals surface area contributed by atoms with Crippen LogP contribution >= 0.6 is 0 Å². The van der Waals surface area contributed by atoms with E-state index in [2.05, 4.69) is 10.2 Å². The summed E-state index contributed by atoms with van der Waals surface area (Å²) in [7, 11) is 0. The molecule has 2 nitrogen and oxygen atoms in total. The van der Waals surface area contributed by atoms with Gasteiger partial charge in [-0.15, -0.1) is 0 Å². The van der Waals surface area contributed by atoms with Crippen molar-refractivity contribution in [1.29, 1.82) is 0 Å². The summed E-state index contributed by atoms with van der Waals surface area (Å²) < 4.78 is 25.9. The van der Waals surface area contributed by atoms with Gasteiger partial charge in [0.2, 0.25) is 5.92 Å². The molecule has 1 heterocycles. The molecule has 0 aromatic rings. The van der Waals surface area contributed by atoms with Crippen molar-refractivity contribution in [3.63, 3.8) is 0 Å². The fraction of sp³-hybridized carbons (Fsp3) is 1.00. The van der Waals surface area contributed by atoms with Gasteiger partial charge in [0.05, 0.1) is 0 Å². The van der Waals surface area contributed by atoms with Gasteiger partial charge in [-0.05, 0) is 18.8 Å². The van der Waals surface area contributed by atoms with Crippen molar-refractivity contribution in [1.82, 2.24) is 10.2 Å². The highest BCUT2D eigenvalue weighted by Gasteiger charge is 2.35. The fourth-order valence-corrected chi connectivity index (χ4v) is 2.54. The van der Waals surface area contributed by atoms with E-state index in [0.29, 0.717) is 18.8 Å². The van der Waals surface area contributed by atoms with Gasteiger partial charge in [0.1, 0.15) is 0 Å².